The number of amides is 2. The molecule has 90 valence electrons. The Morgan fingerprint density at radius 2 is 2.25 bits per heavy atom. The third-order valence-electron chi connectivity index (χ3n) is 2.35. The second-order valence-electron chi connectivity index (χ2n) is 3.64. The van der Waals surface area contributed by atoms with Gasteiger partial charge in [0.15, 0.2) is 6.10 Å². The number of hydrogen-bond donors (Lipinski definition) is 4. The van der Waals surface area contributed by atoms with Gasteiger partial charge in [0.1, 0.15) is 0 Å². The Morgan fingerprint density at radius 1 is 1.56 bits per heavy atom. The fourth-order valence-corrected chi connectivity index (χ4v) is 1.39. The first-order valence-corrected chi connectivity index (χ1v) is 4.96. The summed E-state index contributed by atoms with van der Waals surface area (Å²) in [6.07, 6.45) is -1.36. The molecule has 1 fully saturated rings. The summed E-state index contributed by atoms with van der Waals surface area (Å²) in [5.41, 5.74) is 0. The SMILES string of the molecule is O=C1CC(C(=O)NCCC(O)C(=O)O)CN1. The van der Waals surface area contributed by atoms with E-state index in [1.807, 2.05) is 0 Å². The molecule has 0 spiro atoms. The van der Waals surface area contributed by atoms with Gasteiger partial charge in [0.25, 0.3) is 0 Å². The third-order valence-corrected chi connectivity index (χ3v) is 2.35. The van der Waals surface area contributed by atoms with E-state index in [2.05, 4.69) is 10.6 Å². The molecule has 2 amide bonds. The minimum atomic E-state index is -1.47. The van der Waals surface area contributed by atoms with Crippen molar-refractivity contribution in [2.45, 2.75) is 18.9 Å². The van der Waals surface area contributed by atoms with Crippen molar-refractivity contribution in [2.75, 3.05) is 13.1 Å². The average molecular weight is 230 g/mol. The van der Waals surface area contributed by atoms with Crippen molar-refractivity contribution < 1.29 is 24.6 Å². The van der Waals surface area contributed by atoms with Gasteiger partial charge in [0, 0.05) is 25.9 Å². The van der Waals surface area contributed by atoms with Crippen LogP contribution in [0.4, 0.5) is 0 Å². The molecule has 16 heavy (non-hydrogen) atoms. The maximum Gasteiger partial charge on any atom is 0.332 e. The van der Waals surface area contributed by atoms with E-state index >= 15 is 0 Å². The molecule has 1 aliphatic rings. The molecule has 1 aliphatic heterocycles. The van der Waals surface area contributed by atoms with Gasteiger partial charge in [-0.05, 0) is 0 Å². The van der Waals surface area contributed by atoms with E-state index in [1.165, 1.54) is 0 Å². The predicted molar refractivity (Wildman–Crippen MR) is 52.4 cm³/mol. The lowest BCUT2D eigenvalue weighted by Crippen LogP contribution is -2.35. The van der Waals surface area contributed by atoms with Crippen LogP contribution in [0.3, 0.4) is 0 Å². The number of carbonyl (C=O) groups is 3. The molecular weight excluding hydrogens is 216 g/mol. The highest BCUT2D eigenvalue weighted by Crippen LogP contribution is 2.08. The quantitative estimate of drug-likeness (QED) is 0.439. The van der Waals surface area contributed by atoms with E-state index in [4.69, 9.17) is 10.2 Å². The summed E-state index contributed by atoms with van der Waals surface area (Å²) in [5.74, 6) is -2.16. The van der Waals surface area contributed by atoms with Crippen LogP contribution >= 0.6 is 0 Å². The number of nitrogens with one attached hydrogen (secondary N) is 2. The normalized spacial score (nSPS) is 21.3. The number of carboxylic acids is 1. The summed E-state index contributed by atoms with van der Waals surface area (Å²) in [6.45, 7) is 0.392. The van der Waals surface area contributed by atoms with E-state index < -0.39 is 18.0 Å². The Hall–Kier alpha value is -1.63. The molecule has 0 saturated carbocycles. The highest BCUT2D eigenvalue weighted by Gasteiger charge is 2.27. The highest BCUT2D eigenvalue weighted by atomic mass is 16.4. The number of aliphatic carboxylic acids is 1. The van der Waals surface area contributed by atoms with Crippen molar-refractivity contribution in [3.63, 3.8) is 0 Å². The maximum absolute atomic E-state index is 11.4. The zero-order valence-electron chi connectivity index (χ0n) is 8.60. The summed E-state index contributed by atoms with van der Waals surface area (Å²) in [6, 6.07) is 0. The number of aliphatic hydroxyl groups is 1. The van der Waals surface area contributed by atoms with E-state index in [1.54, 1.807) is 0 Å². The van der Waals surface area contributed by atoms with Crippen molar-refractivity contribution >= 4 is 17.8 Å². The van der Waals surface area contributed by atoms with Crippen molar-refractivity contribution in [3.8, 4) is 0 Å². The minimum Gasteiger partial charge on any atom is -0.479 e. The lowest BCUT2D eigenvalue weighted by atomic mass is 10.1. The predicted octanol–water partition coefficient (Wildman–Crippen LogP) is -1.93. The summed E-state index contributed by atoms with van der Waals surface area (Å²) < 4.78 is 0. The van der Waals surface area contributed by atoms with Gasteiger partial charge in [-0.3, -0.25) is 9.59 Å². The smallest absolute Gasteiger partial charge is 0.332 e. The standard InChI is InChI=1S/C9H14N2O5/c12-6(9(15)16)1-2-10-8(14)5-3-7(13)11-4-5/h5-6,12H,1-4H2,(H,10,14)(H,11,13)(H,15,16). The van der Waals surface area contributed by atoms with Crippen molar-refractivity contribution in [1.29, 1.82) is 0 Å². The van der Waals surface area contributed by atoms with Crippen molar-refractivity contribution in [3.05, 3.63) is 0 Å². The fourth-order valence-electron chi connectivity index (χ4n) is 1.39. The van der Waals surface area contributed by atoms with Crippen LogP contribution in [0.1, 0.15) is 12.8 Å². The molecule has 2 atom stereocenters. The number of rotatable bonds is 5. The van der Waals surface area contributed by atoms with Gasteiger partial charge >= 0.3 is 5.97 Å². The summed E-state index contributed by atoms with van der Waals surface area (Å²) in [5, 5.41) is 22.3. The molecule has 0 aromatic rings. The second kappa shape index (κ2) is 5.45. The van der Waals surface area contributed by atoms with Gasteiger partial charge in [0.05, 0.1) is 5.92 Å². The van der Waals surface area contributed by atoms with Gasteiger partial charge < -0.3 is 20.8 Å². The topological polar surface area (TPSA) is 116 Å². The minimum absolute atomic E-state index is 0.0465. The molecule has 1 rings (SSSR count). The zero-order valence-corrected chi connectivity index (χ0v) is 8.60. The molecule has 1 saturated heterocycles. The molecule has 0 aliphatic carbocycles. The van der Waals surface area contributed by atoms with Crippen LogP contribution in [-0.2, 0) is 14.4 Å². The van der Waals surface area contributed by atoms with Gasteiger partial charge in [0.2, 0.25) is 11.8 Å². The first-order valence-electron chi connectivity index (χ1n) is 4.96. The van der Waals surface area contributed by atoms with Gasteiger partial charge in [-0.15, -0.1) is 0 Å². The molecular formula is C9H14N2O5. The van der Waals surface area contributed by atoms with Crippen LogP contribution in [0, 0.1) is 5.92 Å². The Bertz CT molecular complexity index is 304. The van der Waals surface area contributed by atoms with E-state index in [9.17, 15) is 14.4 Å². The third kappa shape index (κ3) is 3.50. The maximum atomic E-state index is 11.4. The van der Waals surface area contributed by atoms with Gasteiger partial charge in [-0.1, -0.05) is 0 Å². The van der Waals surface area contributed by atoms with Crippen LogP contribution in [0.25, 0.3) is 0 Å². The molecule has 0 aromatic carbocycles. The Morgan fingerprint density at radius 3 is 2.75 bits per heavy atom. The van der Waals surface area contributed by atoms with Crippen molar-refractivity contribution in [2.24, 2.45) is 5.92 Å². The molecule has 2 unspecified atom stereocenters. The van der Waals surface area contributed by atoms with Crippen LogP contribution in [0.2, 0.25) is 0 Å². The van der Waals surface area contributed by atoms with E-state index in [0.717, 1.165) is 0 Å². The molecule has 1 heterocycles. The first-order chi connectivity index (χ1) is 7.50. The van der Waals surface area contributed by atoms with E-state index in [-0.39, 0.29) is 31.2 Å². The second-order valence-corrected chi connectivity index (χ2v) is 3.64. The molecule has 7 heteroatoms. The molecule has 0 aromatic heterocycles. The van der Waals surface area contributed by atoms with Crippen LogP contribution in [-0.4, -0.2) is 47.2 Å². The zero-order chi connectivity index (χ0) is 12.1. The van der Waals surface area contributed by atoms with E-state index in [0.29, 0.717) is 6.54 Å². The molecule has 0 radical (unpaired) electrons. The van der Waals surface area contributed by atoms with Crippen molar-refractivity contribution in [1.82, 2.24) is 10.6 Å². The van der Waals surface area contributed by atoms with Gasteiger partial charge in [-0.2, -0.15) is 0 Å². The molecule has 0 bridgehead atoms. The first kappa shape index (κ1) is 12.4. The number of carbonyl (C=O) groups excluding carboxylic acids is 2. The fraction of sp³-hybridized carbons (Fsp3) is 0.667. The highest BCUT2D eigenvalue weighted by molar-refractivity contribution is 5.89. The van der Waals surface area contributed by atoms with Gasteiger partial charge in [-0.25, -0.2) is 4.79 Å². The monoisotopic (exact) mass is 230 g/mol. The lowest BCUT2D eigenvalue weighted by Gasteiger charge is -2.10. The molecule has 7 nitrogen and oxygen atoms in total. The van der Waals surface area contributed by atoms with Crippen LogP contribution in [0.15, 0.2) is 0 Å². The summed E-state index contributed by atoms with van der Waals surface area (Å²) in [4.78, 5) is 32.5. The molecule has 4 N–H and O–H groups in total. The Kier molecular flexibility index (Phi) is 4.24. The Labute approximate surface area is 91.8 Å². The largest absolute Gasteiger partial charge is 0.479 e. The Balaban J connectivity index is 2.20. The summed E-state index contributed by atoms with van der Waals surface area (Å²) in [7, 11) is 0. The summed E-state index contributed by atoms with van der Waals surface area (Å²) >= 11 is 0. The number of hydrogen-bond acceptors (Lipinski definition) is 4. The van der Waals surface area contributed by atoms with Crippen LogP contribution in [0.5, 0.6) is 0 Å². The lowest BCUT2D eigenvalue weighted by molar-refractivity contribution is -0.147. The van der Waals surface area contributed by atoms with Crippen LogP contribution < -0.4 is 10.6 Å². The number of carboxylic acid groups (broad SMARTS) is 1. The average Bonchev–Trinajstić information content (AvgIpc) is 2.64. The number of aliphatic hydroxyl groups excluding tert-OH is 1.